The van der Waals surface area contributed by atoms with Gasteiger partial charge < -0.3 is 15.2 Å². The van der Waals surface area contributed by atoms with Gasteiger partial charge in [-0.15, -0.1) is 0 Å². The first-order valence-electron chi connectivity index (χ1n) is 4.69. The van der Waals surface area contributed by atoms with Crippen LogP contribution in [0.15, 0.2) is 18.2 Å². The van der Waals surface area contributed by atoms with E-state index in [9.17, 15) is 0 Å². The van der Waals surface area contributed by atoms with Crippen LogP contribution in [0, 0.1) is 11.3 Å². The second-order valence-corrected chi connectivity index (χ2v) is 3.06. The van der Waals surface area contributed by atoms with Crippen LogP contribution in [-0.4, -0.2) is 20.3 Å². The summed E-state index contributed by atoms with van der Waals surface area (Å²) in [6.07, 6.45) is 0.822. The first-order chi connectivity index (χ1) is 7.27. The Labute approximate surface area is 89.2 Å². The third-order valence-corrected chi connectivity index (χ3v) is 1.91. The number of nitrogens with two attached hydrogens (primary N) is 1. The molecule has 0 heterocycles. The lowest BCUT2D eigenvalue weighted by molar-refractivity contribution is 0.172. The van der Waals surface area contributed by atoms with Gasteiger partial charge in [-0.2, -0.15) is 5.26 Å². The molecule has 1 aromatic rings. The van der Waals surface area contributed by atoms with Crippen molar-refractivity contribution < 1.29 is 9.47 Å². The molecule has 2 N–H and O–H groups in total. The number of nitrogens with zero attached hydrogens (tertiary/aromatic N) is 1. The highest BCUT2D eigenvalue weighted by atomic mass is 16.5. The predicted octanol–water partition coefficient (Wildman–Crippen LogP) is 1.56. The van der Waals surface area contributed by atoms with Gasteiger partial charge in [0, 0.05) is 25.8 Å². The molecule has 4 heteroatoms. The fraction of sp³-hybridized carbons (Fsp3) is 0.364. The van der Waals surface area contributed by atoms with E-state index in [0.717, 1.165) is 6.42 Å². The summed E-state index contributed by atoms with van der Waals surface area (Å²) >= 11 is 0. The Bertz CT molecular complexity index is 358. The lowest BCUT2D eigenvalue weighted by atomic mass is 10.2. The molecule has 80 valence electrons. The second-order valence-electron chi connectivity index (χ2n) is 3.06. The quantitative estimate of drug-likeness (QED) is 0.586. The van der Waals surface area contributed by atoms with E-state index in [4.69, 9.17) is 20.5 Å². The maximum Gasteiger partial charge on any atom is 0.120 e. The number of rotatable bonds is 5. The SMILES string of the molecule is COCCCOc1ccc(N)c(C#N)c1. The van der Waals surface area contributed by atoms with Gasteiger partial charge in [-0.05, 0) is 18.2 Å². The Morgan fingerprint density at radius 2 is 2.20 bits per heavy atom. The Hall–Kier alpha value is -1.73. The molecule has 0 amide bonds. The zero-order valence-corrected chi connectivity index (χ0v) is 8.69. The smallest absolute Gasteiger partial charge is 0.120 e. The van der Waals surface area contributed by atoms with Gasteiger partial charge in [0.25, 0.3) is 0 Å². The molecule has 1 aromatic carbocycles. The summed E-state index contributed by atoms with van der Waals surface area (Å²) in [7, 11) is 1.65. The minimum atomic E-state index is 0.444. The summed E-state index contributed by atoms with van der Waals surface area (Å²) in [5.74, 6) is 0.664. The van der Waals surface area contributed by atoms with E-state index in [-0.39, 0.29) is 0 Å². The molecule has 0 aliphatic carbocycles. The van der Waals surface area contributed by atoms with Gasteiger partial charge in [-0.25, -0.2) is 0 Å². The summed E-state index contributed by atoms with van der Waals surface area (Å²) in [6, 6.07) is 7.07. The van der Waals surface area contributed by atoms with Gasteiger partial charge in [0.2, 0.25) is 0 Å². The molecule has 0 saturated carbocycles. The maximum absolute atomic E-state index is 8.75. The van der Waals surface area contributed by atoms with Crippen LogP contribution in [0.1, 0.15) is 12.0 Å². The molecule has 0 radical (unpaired) electrons. The molecule has 15 heavy (non-hydrogen) atoms. The number of methoxy groups -OCH3 is 1. The largest absolute Gasteiger partial charge is 0.493 e. The predicted molar refractivity (Wildman–Crippen MR) is 57.6 cm³/mol. The molecule has 4 nitrogen and oxygen atoms in total. The number of nitrogen functional groups attached to an aromatic ring is 1. The van der Waals surface area contributed by atoms with Crippen molar-refractivity contribution in [3.05, 3.63) is 23.8 Å². The molecular weight excluding hydrogens is 192 g/mol. The Balaban J connectivity index is 2.52. The van der Waals surface area contributed by atoms with Crippen LogP contribution in [-0.2, 0) is 4.74 Å². The molecule has 0 aliphatic heterocycles. The monoisotopic (exact) mass is 206 g/mol. The summed E-state index contributed by atoms with van der Waals surface area (Å²) in [5, 5.41) is 8.75. The molecule has 0 saturated heterocycles. The van der Waals surface area contributed by atoms with Crippen molar-refractivity contribution in [3.63, 3.8) is 0 Å². The second kappa shape index (κ2) is 5.89. The molecule has 0 fully saturated rings. The standard InChI is InChI=1S/C11H14N2O2/c1-14-5-2-6-15-10-3-4-11(13)9(7-10)8-12/h3-4,7H,2,5-6,13H2,1H3. The van der Waals surface area contributed by atoms with Crippen LogP contribution in [0.25, 0.3) is 0 Å². The fourth-order valence-corrected chi connectivity index (χ4v) is 1.12. The minimum absolute atomic E-state index is 0.444. The highest BCUT2D eigenvalue weighted by Crippen LogP contribution is 2.18. The summed E-state index contributed by atoms with van der Waals surface area (Å²) in [5.41, 5.74) is 6.50. The van der Waals surface area contributed by atoms with E-state index < -0.39 is 0 Å². The molecule has 0 atom stereocenters. The van der Waals surface area contributed by atoms with Crippen molar-refractivity contribution in [1.29, 1.82) is 5.26 Å². The Morgan fingerprint density at radius 3 is 2.87 bits per heavy atom. The van der Waals surface area contributed by atoms with Gasteiger partial charge in [0.15, 0.2) is 0 Å². The van der Waals surface area contributed by atoms with E-state index >= 15 is 0 Å². The average molecular weight is 206 g/mol. The van der Waals surface area contributed by atoms with Gasteiger partial charge in [-0.3, -0.25) is 0 Å². The number of ether oxygens (including phenoxy) is 2. The molecular formula is C11H14N2O2. The van der Waals surface area contributed by atoms with E-state index in [1.165, 1.54) is 0 Å². The first kappa shape index (κ1) is 11.3. The molecule has 0 unspecified atom stereocenters. The van der Waals surface area contributed by atoms with Crippen LogP contribution in [0.5, 0.6) is 5.75 Å². The zero-order chi connectivity index (χ0) is 11.1. The van der Waals surface area contributed by atoms with Gasteiger partial charge in [-0.1, -0.05) is 0 Å². The van der Waals surface area contributed by atoms with Crippen molar-refractivity contribution in [1.82, 2.24) is 0 Å². The van der Waals surface area contributed by atoms with Crippen molar-refractivity contribution in [3.8, 4) is 11.8 Å². The highest BCUT2D eigenvalue weighted by molar-refractivity contribution is 5.56. The number of nitriles is 1. The zero-order valence-electron chi connectivity index (χ0n) is 8.69. The van der Waals surface area contributed by atoms with Gasteiger partial charge >= 0.3 is 0 Å². The lowest BCUT2D eigenvalue weighted by Gasteiger charge is -2.06. The summed E-state index contributed by atoms with van der Waals surface area (Å²) in [6.45, 7) is 1.24. The fourth-order valence-electron chi connectivity index (χ4n) is 1.12. The third-order valence-electron chi connectivity index (χ3n) is 1.91. The lowest BCUT2D eigenvalue weighted by Crippen LogP contribution is -2.01. The van der Waals surface area contributed by atoms with Gasteiger partial charge in [0.05, 0.1) is 12.2 Å². The molecule has 0 spiro atoms. The Morgan fingerprint density at radius 1 is 1.40 bits per heavy atom. The van der Waals surface area contributed by atoms with Crippen molar-refractivity contribution in [2.24, 2.45) is 0 Å². The summed E-state index contributed by atoms with van der Waals surface area (Å²) in [4.78, 5) is 0. The number of hydrogen-bond acceptors (Lipinski definition) is 4. The highest BCUT2D eigenvalue weighted by Gasteiger charge is 2.00. The first-order valence-corrected chi connectivity index (χ1v) is 4.69. The van der Waals surface area contributed by atoms with Crippen LogP contribution in [0.2, 0.25) is 0 Å². The van der Waals surface area contributed by atoms with Crippen molar-refractivity contribution in [2.75, 3.05) is 26.1 Å². The third kappa shape index (κ3) is 3.49. The minimum Gasteiger partial charge on any atom is -0.493 e. The molecule has 0 bridgehead atoms. The van der Waals surface area contributed by atoms with Crippen LogP contribution in [0.4, 0.5) is 5.69 Å². The van der Waals surface area contributed by atoms with E-state index in [2.05, 4.69) is 0 Å². The normalized spacial score (nSPS) is 9.60. The molecule has 0 aromatic heterocycles. The van der Waals surface area contributed by atoms with E-state index in [0.29, 0.717) is 30.2 Å². The number of benzene rings is 1. The topological polar surface area (TPSA) is 68.3 Å². The van der Waals surface area contributed by atoms with Crippen LogP contribution < -0.4 is 10.5 Å². The van der Waals surface area contributed by atoms with Crippen LogP contribution >= 0.6 is 0 Å². The van der Waals surface area contributed by atoms with Gasteiger partial charge in [0.1, 0.15) is 11.8 Å². The van der Waals surface area contributed by atoms with E-state index in [1.807, 2.05) is 6.07 Å². The summed E-state index contributed by atoms with van der Waals surface area (Å²) < 4.78 is 10.3. The maximum atomic E-state index is 8.75. The van der Waals surface area contributed by atoms with Crippen molar-refractivity contribution >= 4 is 5.69 Å². The number of anilines is 1. The number of hydrogen-bond donors (Lipinski definition) is 1. The van der Waals surface area contributed by atoms with E-state index in [1.54, 1.807) is 25.3 Å². The molecule has 0 aliphatic rings. The van der Waals surface area contributed by atoms with Crippen LogP contribution in [0.3, 0.4) is 0 Å². The Kier molecular flexibility index (Phi) is 4.45. The van der Waals surface area contributed by atoms with Crippen molar-refractivity contribution in [2.45, 2.75) is 6.42 Å². The molecule has 1 rings (SSSR count). The average Bonchev–Trinajstić information content (AvgIpc) is 2.26.